The molecule has 2 aromatic rings. The lowest BCUT2D eigenvalue weighted by Crippen LogP contribution is -2.65. The third-order valence-corrected chi connectivity index (χ3v) is 9.50. The largest absolute Gasteiger partial charge is 0.508 e. The van der Waals surface area contributed by atoms with Crippen molar-refractivity contribution in [3.05, 3.63) is 63.9 Å². The quantitative estimate of drug-likeness (QED) is 0.295. The number of aromatic hydroxyl groups is 1. The van der Waals surface area contributed by atoms with Gasteiger partial charge in [0.2, 0.25) is 5.78 Å². The highest BCUT2D eigenvalue weighted by Crippen LogP contribution is 2.53. The van der Waals surface area contributed by atoms with Crippen LogP contribution in [0.2, 0.25) is 0 Å². The van der Waals surface area contributed by atoms with E-state index in [1.165, 1.54) is 11.0 Å². The number of ketones is 2. The molecule has 0 unspecified atom stereocenters. The molecule has 0 radical (unpaired) electrons. The van der Waals surface area contributed by atoms with E-state index in [0.717, 1.165) is 22.4 Å². The number of hydrogen-bond donors (Lipinski definition) is 5. The first-order valence-corrected chi connectivity index (χ1v) is 14.5. The number of nitrogens with two attached hydrogens (primary N) is 1. The Morgan fingerprint density at radius 1 is 1.11 bits per heavy atom. The molecule has 1 saturated carbocycles. The second kappa shape index (κ2) is 11.1. The van der Waals surface area contributed by atoms with Gasteiger partial charge in [-0.05, 0) is 88.6 Å². The molecule has 0 heterocycles. The van der Waals surface area contributed by atoms with E-state index in [1.54, 1.807) is 27.3 Å². The van der Waals surface area contributed by atoms with Gasteiger partial charge in [-0.2, -0.15) is 0 Å². The van der Waals surface area contributed by atoms with Crippen molar-refractivity contribution >= 4 is 23.2 Å². The van der Waals surface area contributed by atoms with Gasteiger partial charge in [-0.25, -0.2) is 0 Å². The van der Waals surface area contributed by atoms with Crippen LogP contribution in [-0.4, -0.2) is 93.6 Å². The number of likely N-dealkylation sites (N-methyl/N-ethyl adjacent to an activating group) is 1. The molecular formula is C33H39N3O8. The molecule has 11 nitrogen and oxygen atoms in total. The Kier molecular flexibility index (Phi) is 7.86. The minimum atomic E-state index is -2.68. The van der Waals surface area contributed by atoms with Crippen molar-refractivity contribution in [2.24, 2.45) is 17.6 Å². The lowest BCUT2D eigenvalue weighted by atomic mass is 9.57. The van der Waals surface area contributed by atoms with E-state index >= 15 is 0 Å². The van der Waals surface area contributed by atoms with Crippen molar-refractivity contribution in [1.29, 1.82) is 0 Å². The van der Waals surface area contributed by atoms with Crippen LogP contribution in [0.5, 0.6) is 11.5 Å². The highest BCUT2D eigenvalue weighted by atomic mass is 16.5. The summed E-state index contributed by atoms with van der Waals surface area (Å²) in [5, 5.41) is 45.4. The standard InChI is InChI=1S/C33H39N3O8/c1-15(2)36(5)14-18-11-16(7-10-23(18)44-6)19-8-9-22(37)25-20(19)12-17-13-21-27(35(3)4)29(39)26(32(34)42)31(41)33(21,43)30(40)24(17)28(25)38/h7-11,15,17,21,27,37-38,41,43H,12-14H2,1-6H3,(H2,34,42)/t17-,21-,27-,33-/m0/s1. The predicted molar refractivity (Wildman–Crippen MR) is 163 cm³/mol. The van der Waals surface area contributed by atoms with Gasteiger partial charge in [0, 0.05) is 29.6 Å². The Morgan fingerprint density at radius 3 is 2.39 bits per heavy atom. The number of ether oxygens (including phenoxy) is 1. The summed E-state index contributed by atoms with van der Waals surface area (Å²) in [6, 6.07) is 8.10. The monoisotopic (exact) mass is 605 g/mol. The number of Topliss-reactive ketones (excluding diaryl/α,β-unsaturated/α-hetero) is 2. The molecule has 3 aliphatic rings. The highest BCUT2D eigenvalue weighted by molar-refractivity contribution is 6.24. The molecule has 0 saturated heterocycles. The molecule has 2 aromatic carbocycles. The summed E-state index contributed by atoms with van der Waals surface area (Å²) in [6.07, 6.45) is 0.222. The molecule has 44 heavy (non-hydrogen) atoms. The molecular weight excluding hydrogens is 566 g/mol. The van der Waals surface area contributed by atoms with Crippen molar-refractivity contribution in [2.75, 3.05) is 28.3 Å². The van der Waals surface area contributed by atoms with Gasteiger partial charge in [0.15, 0.2) is 11.4 Å². The number of aliphatic hydroxyl groups excluding tert-OH is 2. The SMILES string of the molecule is COc1ccc(-c2ccc(O)c3c2C[C@H]2C[C@H]4[C@H](N(C)C)C(=O)C(C(N)=O)=C(O)[C@@]4(O)C(=O)C2=C3O)cc1CN(C)C(C)C. The van der Waals surface area contributed by atoms with Gasteiger partial charge in [-0.3, -0.25) is 24.2 Å². The van der Waals surface area contributed by atoms with E-state index in [1.807, 2.05) is 25.2 Å². The third-order valence-electron chi connectivity index (χ3n) is 9.50. The lowest BCUT2D eigenvalue weighted by molar-refractivity contribution is -0.153. The molecule has 0 aliphatic heterocycles. The van der Waals surface area contributed by atoms with Crippen molar-refractivity contribution in [3.8, 4) is 22.6 Å². The van der Waals surface area contributed by atoms with Crippen LogP contribution < -0.4 is 10.5 Å². The zero-order valence-corrected chi connectivity index (χ0v) is 25.7. The summed E-state index contributed by atoms with van der Waals surface area (Å²) >= 11 is 0. The molecule has 11 heteroatoms. The topological polar surface area (TPSA) is 174 Å². The van der Waals surface area contributed by atoms with Crippen LogP contribution in [0.1, 0.15) is 37.0 Å². The first kappa shape index (κ1) is 31.2. The zero-order valence-electron chi connectivity index (χ0n) is 25.7. The van der Waals surface area contributed by atoms with E-state index in [9.17, 15) is 34.8 Å². The number of phenolic OH excluding ortho intramolecular Hbond substituents is 1. The van der Waals surface area contributed by atoms with Gasteiger partial charge in [0.1, 0.15) is 28.6 Å². The van der Waals surface area contributed by atoms with Crippen LogP contribution >= 0.6 is 0 Å². The smallest absolute Gasteiger partial charge is 0.255 e. The fourth-order valence-corrected chi connectivity index (χ4v) is 7.04. The van der Waals surface area contributed by atoms with Gasteiger partial charge >= 0.3 is 0 Å². The highest BCUT2D eigenvalue weighted by Gasteiger charge is 2.64. The van der Waals surface area contributed by atoms with Crippen molar-refractivity contribution in [1.82, 2.24) is 9.80 Å². The van der Waals surface area contributed by atoms with Gasteiger partial charge < -0.3 is 30.9 Å². The molecule has 234 valence electrons. The number of hydrogen-bond acceptors (Lipinski definition) is 10. The van der Waals surface area contributed by atoms with Gasteiger partial charge in [0.25, 0.3) is 5.91 Å². The number of methoxy groups -OCH3 is 1. The third kappa shape index (κ3) is 4.58. The molecule has 1 amide bonds. The fraction of sp³-hybridized carbons (Fsp3) is 0.424. The average molecular weight is 606 g/mol. The summed E-state index contributed by atoms with van der Waals surface area (Å²) in [7, 11) is 6.77. The van der Waals surface area contributed by atoms with Crippen molar-refractivity contribution in [2.45, 2.75) is 50.9 Å². The molecule has 5 rings (SSSR count). The maximum atomic E-state index is 14.1. The number of rotatable bonds is 7. The number of aliphatic hydroxyl groups is 3. The van der Waals surface area contributed by atoms with E-state index in [2.05, 4.69) is 18.7 Å². The van der Waals surface area contributed by atoms with E-state index in [0.29, 0.717) is 18.2 Å². The second-order valence-corrected chi connectivity index (χ2v) is 12.5. The van der Waals surface area contributed by atoms with Crippen LogP contribution in [0.4, 0.5) is 0 Å². The van der Waals surface area contributed by atoms with Crippen LogP contribution in [0.25, 0.3) is 16.9 Å². The van der Waals surface area contributed by atoms with Crippen LogP contribution in [0, 0.1) is 11.8 Å². The molecule has 0 aromatic heterocycles. The summed E-state index contributed by atoms with van der Waals surface area (Å²) in [6.45, 7) is 4.81. The second-order valence-electron chi connectivity index (χ2n) is 12.5. The number of primary amides is 1. The van der Waals surface area contributed by atoms with Gasteiger partial charge in [0.05, 0.1) is 18.7 Å². The number of amides is 1. The molecule has 3 aliphatic carbocycles. The molecule has 0 spiro atoms. The van der Waals surface area contributed by atoms with E-state index in [4.69, 9.17) is 10.5 Å². The average Bonchev–Trinajstić information content (AvgIpc) is 2.94. The van der Waals surface area contributed by atoms with Crippen LogP contribution in [0.3, 0.4) is 0 Å². The maximum absolute atomic E-state index is 14.1. The fourth-order valence-electron chi connectivity index (χ4n) is 7.04. The molecule has 4 atom stereocenters. The Balaban J connectivity index is 1.68. The molecule has 0 bridgehead atoms. The minimum absolute atomic E-state index is 0.0217. The number of fused-ring (bicyclic) bond motifs is 3. The predicted octanol–water partition coefficient (Wildman–Crippen LogP) is 2.48. The number of nitrogens with zero attached hydrogens (tertiary/aromatic N) is 2. The summed E-state index contributed by atoms with van der Waals surface area (Å²) in [4.78, 5) is 43.3. The number of benzene rings is 2. The normalized spacial score (nSPS) is 25.0. The summed E-state index contributed by atoms with van der Waals surface area (Å²) in [5.41, 5.74) is 4.84. The lowest BCUT2D eigenvalue weighted by Gasteiger charge is -2.50. The number of carbonyl (C=O) groups is 3. The van der Waals surface area contributed by atoms with Crippen LogP contribution in [0.15, 0.2) is 47.2 Å². The Morgan fingerprint density at radius 2 is 1.80 bits per heavy atom. The summed E-state index contributed by atoms with van der Waals surface area (Å²) < 4.78 is 5.62. The van der Waals surface area contributed by atoms with Gasteiger partial charge in [-0.15, -0.1) is 0 Å². The Hall–Kier alpha value is -4.19. The van der Waals surface area contributed by atoms with Crippen molar-refractivity contribution < 1.29 is 39.5 Å². The Bertz CT molecular complexity index is 1640. The van der Waals surface area contributed by atoms with Crippen LogP contribution in [-0.2, 0) is 27.3 Å². The minimum Gasteiger partial charge on any atom is -0.508 e. The number of carbonyl (C=O) groups excluding carboxylic acids is 3. The van der Waals surface area contributed by atoms with Crippen molar-refractivity contribution in [3.63, 3.8) is 0 Å². The summed E-state index contributed by atoms with van der Waals surface area (Å²) in [5.74, 6) is -6.06. The molecule has 6 N–H and O–H groups in total. The van der Waals surface area contributed by atoms with E-state index in [-0.39, 0.29) is 29.7 Å². The van der Waals surface area contributed by atoms with Gasteiger partial charge in [-0.1, -0.05) is 12.1 Å². The first-order chi connectivity index (χ1) is 20.6. The molecule has 1 fully saturated rings. The number of phenols is 1. The maximum Gasteiger partial charge on any atom is 0.255 e. The Labute approximate surface area is 255 Å². The zero-order chi connectivity index (χ0) is 32.4. The van der Waals surface area contributed by atoms with E-state index < -0.39 is 58.0 Å². The first-order valence-electron chi connectivity index (χ1n) is 14.5.